The fourth-order valence-corrected chi connectivity index (χ4v) is 1.71. The first-order chi connectivity index (χ1) is 10.7. The molecule has 0 saturated heterocycles. The summed E-state index contributed by atoms with van der Waals surface area (Å²) in [6.45, 7) is 7.08. The molecule has 1 aromatic rings. The largest absolute Gasteiger partial charge is 0.444 e. The van der Waals surface area contributed by atoms with Crippen LogP contribution < -0.4 is 10.6 Å². The molecule has 2 N–H and O–H groups in total. The summed E-state index contributed by atoms with van der Waals surface area (Å²) in [6, 6.07) is 1.74. The minimum atomic E-state index is -0.550. The molecular formula is C15H27N5O3. The number of carbonyl (C=O) groups is 2. The monoisotopic (exact) mass is 325 g/mol. The van der Waals surface area contributed by atoms with Gasteiger partial charge in [0.25, 0.3) is 0 Å². The molecule has 8 nitrogen and oxygen atoms in total. The fraction of sp³-hybridized carbons (Fsp3) is 0.667. The Bertz CT molecular complexity index is 519. The molecule has 23 heavy (non-hydrogen) atoms. The number of carbonyl (C=O) groups excluding carboxylic acids is 2. The minimum absolute atomic E-state index is 0.165. The average molecular weight is 325 g/mol. The van der Waals surface area contributed by atoms with Gasteiger partial charge < -0.3 is 20.3 Å². The van der Waals surface area contributed by atoms with Crippen LogP contribution in [-0.2, 0) is 16.1 Å². The predicted octanol–water partition coefficient (Wildman–Crippen LogP) is 1.30. The van der Waals surface area contributed by atoms with Crippen molar-refractivity contribution in [2.24, 2.45) is 0 Å². The zero-order valence-corrected chi connectivity index (χ0v) is 14.5. The smallest absolute Gasteiger partial charge is 0.407 e. The molecule has 1 rings (SSSR count). The lowest BCUT2D eigenvalue weighted by molar-refractivity contribution is -0.116. The van der Waals surface area contributed by atoms with E-state index in [1.807, 2.05) is 19.0 Å². The standard InChI is InChI=1S/C15H27N5O3/c1-15(2,3)23-14(22)16-8-7-13(21)18-12-6-9-17-20(12)11-10-19(4)5/h6,9H,7-8,10-11H2,1-5H3,(H,16,22)(H,18,21). The van der Waals surface area contributed by atoms with Crippen molar-refractivity contribution in [1.29, 1.82) is 0 Å². The highest BCUT2D eigenvalue weighted by Crippen LogP contribution is 2.07. The maximum Gasteiger partial charge on any atom is 0.407 e. The van der Waals surface area contributed by atoms with Crippen LogP contribution >= 0.6 is 0 Å². The lowest BCUT2D eigenvalue weighted by Crippen LogP contribution is -2.34. The molecule has 0 aliphatic heterocycles. The number of hydrogen-bond acceptors (Lipinski definition) is 5. The number of hydrogen-bond donors (Lipinski definition) is 2. The van der Waals surface area contributed by atoms with E-state index in [9.17, 15) is 9.59 Å². The lowest BCUT2D eigenvalue weighted by atomic mass is 10.2. The van der Waals surface area contributed by atoms with Gasteiger partial charge in [-0.1, -0.05) is 0 Å². The summed E-state index contributed by atoms with van der Waals surface area (Å²) in [5, 5.41) is 9.52. The Morgan fingerprint density at radius 3 is 2.65 bits per heavy atom. The van der Waals surface area contributed by atoms with E-state index < -0.39 is 11.7 Å². The molecule has 0 atom stereocenters. The lowest BCUT2D eigenvalue weighted by Gasteiger charge is -2.19. The van der Waals surface area contributed by atoms with Gasteiger partial charge in [0.2, 0.25) is 5.91 Å². The van der Waals surface area contributed by atoms with Crippen molar-refractivity contribution in [1.82, 2.24) is 20.0 Å². The second-order valence-corrected chi connectivity index (χ2v) is 6.47. The van der Waals surface area contributed by atoms with Gasteiger partial charge in [0.15, 0.2) is 0 Å². The molecule has 1 heterocycles. The van der Waals surface area contributed by atoms with E-state index in [4.69, 9.17) is 4.74 Å². The molecular weight excluding hydrogens is 298 g/mol. The van der Waals surface area contributed by atoms with Gasteiger partial charge in [-0.3, -0.25) is 4.79 Å². The van der Waals surface area contributed by atoms with Crippen molar-refractivity contribution in [2.75, 3.05) is 32.5 Å². The number of aromatic nitrogens is 2. The van der Waals surface area contributed by atoms with Gasteiger partial charge >= 0.3 is 6.09 Å². The third kappa shape index (κ3) is 8.20. The van der Waals surface area contributed by atoms with Crippen molar-refractivity contribution < 1.29 is 14.3 Å². The summed E-state index contributed by atoms with van der Waals surface area (Å²) < 4.78 is 6.83. The van der Waals surface area contributed by atoms with Crippen LogP contribution in [0.3, 0.4) is 0 Å². The molecule has 0 radical (unpaired) electrons. The SMILES string of the molecule is CN(C)CCn1nccc1NC(=O)CCNC(=O)OC(C)(C)C. The summed E-state index contributed by atoms with van der Waals surface area (Å²) in [7, 11) is 3.95. The number of amides is 2. The van der Waals surface area contributed by atoms with E-state index in [1.54, 1.807) is 37.7 Å². The van der Waals surface area contributed by atoms with Gasteiger partial charge in [-0.25, -0.2) is 9.48 Å². The first-order valence-electron chi connectivity index (χ1n) is 7.60. The van der Waals surface area contributed by atoms with E-state index in [0.29, 0.717) is 12.4 Å². The second kappa shape index (κ2) is 8.52. The number of ether oxygens (including phenoxy) is 1. The van der Waals surface area contributed by atoms with Gasteiger partial charge in [-0.15, -0.1) is 0 Å². The molecule has 0 spiro atoms. The van der Waals surface area contributed by atoms with Crippen LogP contribution in [0.15, 0.2) is 12.3 Å². The van der Waals surface area contributed by atoms with Gasteiger partial charge in [0.05, 0.1) is 12.7 Å². The third-order valence-electron chi connectivity index (χ3n) is 2.76. The molecule has 0 bridgehead atoms. The van der Waals surface area contributed by atoms with Crippen LogP contribution in [0.25, 0.3) is 0 Å². The van der Waals surface area contributed by atoms with Crippen molar-refractivity contribution in [3.63, 3.8) is 0 Å². The zero-order valence-electron chi connectivity index (χ0n) is 14.5. The van der Waals surface area contributed by atoms with Crippen molar-refractivity contribution in [3.05, 3.63) is 12.3 Å². The van der Waals surface area contributed by atoms with Crippen molar-refractivity contribution in [2.45, 2.75) is 39.3 Å². The molecule has 1 aromatic heterocycles. The Kier molecular flexibility index (Phi) is 7.02. The molecule has 130 valence electrons. The van der Waals surface area contributed by atoms with Gasteiger partial charge in [-0.2, -0.15) is 5.10 Å². The van der Waals surface area contributed by atoms with E-state index >= 15 is 0 Å². The second-order valence-electron chi connectivity index (χ2n) is 6.47. The predicted molar refractivity (Wildman–Crippen MR) is 88.3 cm³/mol. The Hall–Kier alpha value is -2.09. The van der Waals surface area contributed by atoms with E-state index in [2.05, 4.69) is 15.7 Å². The molecule has 2 amide bonds. The van der Waals surface area contributed by atoms with Crippen LogP contribution in [0.5, 0.6) is 0 Å². The summed E-state index contributed by atoms with van der Waals surface area (Å²) in [5.41, 5.74) is -0.550. The van der Waals surface area contributed by atoms with Crippen LogP contribution in [0.4, 0.5) is 10.6 Å². The first-order valence-corrected chi connectivity index (χ1v) is 7.60. The molecule has 0 fully saturated rings. The highest BCUT2D eigenvalue weighted by atomic mass is 16.6. The van der Waals surface area contributed by atoms with Gasteiger partial charge in [0.1, 0.15) is 11.4 Å². The Morgan fingerprint density at radius 2 is 2.04 bits per heavy atom. The Labute approximate surface area is 137 Å². The molecule has 0 aliphatic carbocycles. The summed E-state index contributed by atoms with van der Waals surface area (Å²) in [5.74, 6) is 0.460. The summed E-state index contributed by atoms with van der Waals surface area (Å²) >= 11 is 0. The average Bonchev–Trinajstić information content (AvgIpc) is 2.81. The van der Waals surface area contributed by atoms with E-state index in [-0.39, 0.29) is 18.9 Å². The number of likely N-dealkylation sites (N-methyl/N-ethyl adjacent to an activating group) is 1. The maximum absolute atomic E-state index is 11.9. The molecule has 0 aliphatic rings. The third-order valence-corrected chi connectivity index (χ3v) is 2.76. The Morgan fingerprint density at radius 1 is 1.35 bits per heavy atom. The van der Waals surface area contributed by atoms with Crippen LogP contribution in [0.1, 0.15) is 27.2 Å². The van der Waals surface area contributed by atoms with Crippen LogP contribution in [-0.4, -0.2) is 59.5 Å². The van der Waals surface area contributed by atoms with Gasteiger partial charge in [-0.05, 0) is 34.9 Å². The number of nitrogens with zero attached hydrogens (tertiary/aromatic N) is 3. The highest BCUT2D eigenvalue weighted by molar-refractivity contribution is 5.90. The zero-order chi connectivity index (χ0) is 17.5. The highest BCUT2D eigenvalue weighted by Gasteiger charge is 2.16. The first kappa shape index (κ1) is 19.0. The van der Waals surface area contributed by atoms with E-state index in [1.165, 1.54) is 0 Å². The minimum Gasteiger partial charge on any atom is -0.444 e. The number of nitrogens with one attached hydrogen (secondary N) is 2. The fourth-order valence-electron chi connectivity index (χ4n) is 1.71. The molecule has 0 aromatic carbocycles. The summed E-state index contributed by atoms with van der Waals surface area (Å²) in [6.07, 6.45) is 1.28. The van der Waals surface area contributed by atoms with E-state index in [0.717, 1.165) is 6.54 Å². The molecule has 0 unspecified atom stereocenters. The van der Waals surface area contributed by atoms with Crippen LogP contribution in [0.2, 0.25) is 0 Å². The number of anilines is 1. The normalized spacial score (nSPS) is 11.4. The molecule has 0 saturated carbocycles. The van der Waals surface area contributed by atoms with Crippen LogP contribution in [0, 0.1) is 0 Å². The molecule has 8 heteroatoms. The van der Waals surface area contributed by atoms with Crippen molar-refractivity contribution in [3.8, 4) is 0 Å². The topological polar surface area (TPSA) is 88.5 Å². The van der Waals surface area contributed by atoms with Gasteiger partial charge in [0, 0.05) is 25.6 Å². The summed E-state index contributed by atoms with van der Waals surface area (Å²) in [4.78, 5) is 25.4. The number of rotatable bonds is 7. The Balaban J connectivity index is 2.34. The quantitative estimate of drug-likeness (QED) is 0.789. The maximum atomic E-state index is 11.9. The van der Waals surface area contributed by atoms with Crippen molar-refractivity contribution >= 4 is 17.8 Å². The number of alkyl carbamates (subject to hydrolysis) is 1.